The molecular weight excluding hydrogens is 250 g/mol. The Balaban J connectivity index is 3.15. The molecule has 1 aromatic rings. The lowest BCUT2D eigenvalue weighted by Crippen LogP contribution is -2.41. The SMILES string of the molecule is C=CCC(NC(C)(C)CC)c1cc(OC)ccc1OC. The van der Waals surface area contributed by atoms with Crippen molar-refractivity contribution in [2.24, 2.45) is 0 Å². The predicted octanol–water partition coefficient (Wildman–Crippen LogP) is 4.10. The Bertz CT molecular complexity index is 441. The lowest BCUT2D eigenvalue weighted by atomic mass is 9.95. The summed E-state index contributed by atoms with van der Waals surface area (Å²) in [4.78, 5) is 0. The average Bonchev–Trinajstić information content (AvgIpc) is 2.46. The van der Waals surface area contributed by atoms with Crippen LogP contribution in [0, 0.1) is 0 Å². The molecule has 0 amide bonds. The number of hydrogen-bond acceptors (Lipinski definition) is 3. The van der Waals surface area contributed by atoms with E-state index < -0.39 is 0 Å². The Labute approximate surface area is 123 Å². The van der Waals surface area contributed by atoms with Gasteiger partial charge in [-0.15, -0.1) is 6.58 Å². The van der Waals surface area contributed by atoms with Crippen LogP contribution < -0.4 is 14.8 Å². The van der Waals surface area contributed by atoms with E-state index in [0.717, 1.165) is 29.9 Å². The molecule has 0 spiro atoms. The first kappa shape index (κ1) is 16.6. The molecule has 3 nitrogen and oxygen atoms in total. The molecule has 1 N–H and O–H groups in total. The van der Waals surface area contributed by atoms with Crippen molar-refractivity contribution in [3.8, 4) is 11.5 Å². The second kappa shape index (κ2) is 7.34. The maximum absolute atomic E-state index is 5.49. The van der Waals surface area contributed by atoms with E-state index >= 15 is 0 Å². The third-order valence-corrected chi connectivity index (χ3v) is 3.66. The highest BCUT2D eigenvalue weighted by Gasteiger charge is 2.23. The lowest BCUT2D eigenvalue weighted by molar-refractivity contribution is 0.317. The molecule has 0 heterocycles. The third-order valence-electron chi connectivity index (χ3n) is 3.66. The Morgan fingerprint density at radius 3 is 2.50 bits per heavy atom. The molecule has 1 unspecified atom stereocenters. The van der Waals surface area contributed by atoms with Gasteiger partial charge in [0.2, 0.25) is 0 Å². The van der Waals surface area contributed by atoms with Crippen molar-refractivity contribution < 1.29 is 9.47 Å². The summed E-state index contributed by atoms with van der Waals surface area (Å²) < 4.78 is 10.8. The molecule has 0 aliphatic heterocycles. The molecular formula is C17H27NO2. The fourth-order valence-corrected chi connectivity index (χ4v) is 2.12. The van der Waals surface area contributed by atoms with E-state index in [4.69, 9.17) is 9.47 Å². The standard InChI is InChI=1S/C17H27NO2/c1-7-9-15(18-17(3,4)8-2)14-12-13(19-5)10-11-16(14)20-6/h7,10-12,15,18H,1,8-9H2,2-6H3. The number of methoxy groups -OCH3 is 2. The molecule has 0 radical (unpaired) electrons. The second-order valence-electron chi connectivity index (χ2n) is 5.57. The molecule has 0 saturated heterocycles. The first-order valence-corrected chi connectivity index (χ1v) is 7.08. The van der Waals surface area contributed by atoms with Gasteiger partial charge in [-0.25, -0.2) is 0 Å². The number of nitrogens with one attached hydrogen (secondary N) is 1. The Hall–Kier alpha value is -1.48. The summed E-state index contributed by atoms with van der Waals surface area (Å²) in [6, 6.07) is 6.06. The zero-order chi connectivity index (χ0) is 15.2. The Morgan fingerprint density at radius 2 is 2.00 bits per heavy atom. The quantitative estimate of drug-likeness (QED) is 0.726. The predicted molar refractivity (Wildman–Crippen MR) is 84.6 cm³/mol. The van der Waals surface area contributed by atoms with Crippen molar-refractivity contribution in [1.29, 1.82) is 0 Å². The summed E-state index contributed by atoms with van der Waals surface area (Å²) >= 11 is 0. The number of benzene rings is 1. The van der Waals surface area contributed by atoms with Crippen LogP contribution in [0.4, 0.5) is 0 Å². The van der Waals surface area contributed by atoms with Gasteiger partial charge in [-0.1, -0.05) is 13.0 Å². The van der Waals surface area contributed by atoms with Gasteiger partial charge in [-0.05, 0) is 44.9 Å². The molecule has 0 aliphatic rings. The summed E-state index contributed by atoms with van der Waals surface area (Å²) in [6.45, 7) is 10.5. The average molecular weight is 277 g/mol. The molecule has 3 heteroatoms. The highest BCUT2D eigenvalue weighted by Crippen LogP contribution is 2.32. The van der Waals surface area contributed by atoms with Crippen LogP contribution in [-0.4, -0.2) is 19.8 Å². The fraction of sp³-hybridized carbons (Fsp3) is 0.529. The van der Waals surface area contributed by atoms with Crippen LogP contribution in [0.25, 0.3) is 0 Å². The van der Waals surface area contributed by atoms with Crippen LogP contribution in [-0.2, 0) is 0 Å². The molecule has 112 valence electrons. The minimum Gasteiger partial charge on any atom is -0.497 e. The number of ether oxygens (including phenoxy) is 2. The second-order valence-corrected chi connectivity index (χ2v) is 5.57. The first-order chi connectivity index (χ1) is 9.47. The van der Waals surface area contributed by atoms with Gasteiger partial charge >= 0.3 is 0 Å². The molecule has 1 aromatic carbocycles. The highest BCUT2D eigenvalue weighted by atomic mass is 16.5. The summed E-state index contributed by atoms with van der Waals surface area (Å²) in [6.07, 6.45) is 3.82. The van der Waals surface area contributed by atoms with Crippen LogP contribution >= 0.6 is 0 Å². The summed E-state index contributed by atoms with van der Waals surface area (Å²) in [5, 5.41) is 3.68. The number of hydrogen-bond donors (Lipinski definition) is 1. The van der Waals surface area contributed by atoms with Gasteiger partial charge in [0.05, 0.1) is 14.2 Å². The summed E-state index contributed by atoms with van der Waals surface area (Å²) in [5.74, 6) is 1.71. The maximum Gasteiger partial charge on any atom is 0.123 e. The van der Waals surface area contributed by atoms with Gasteiger partial charge in [-0.2, -0.15) is 0 Å². The summed E-state index contributed by atoms with van der Waals surface area (Å²) in [5.41, 5.74) is 1.16. The lowest BCUT2D eigenvalue weighted by Gasteiger charge is -2.31. The minimum atomic E-state index is 0.0573. The van der Waals surface area contributed by atoms with E-state index in [1.54, 1.807) is 14.2 Å². The van der Waals surface area contributed by atoms with E-state index in [0.29, 0.717) is 0 Å². The van der Waals surface area contributed by atoms with Crippen LogP contribution in [0.1, 0.15) is 45.2 Å². The molecule has 20 heavy (non-hydrogen) atoms. The van der Waals surface area contributed by atoms with Crippen molar-refractivity contribution >= 4 is 0 Å². The van der Waals surface area contributed by atoms with Crippen LogP contribution in [0.15, 0.2) is 30.9 Å². The third kappa shape index (κ3) is 4.27. The van der Waals surface area contributed by atoms with Crippen LogP contribution in [0.2, 0.25) is 0 Å². The van der Waals surface area contributed by atoms with Gasteiger partial charge in [0.25, 0.3) is 0 Å². The van der Waals surface area contributed by atoms with Crippen molar-refractivity contribution in [1.82, 2.24) is 5.32 Å². The van der Waals surface area contributed by atoms with Crippen LogP contribution in [0.5, 0.6) is 11.5 Å². The van der Waals surface area contributed by atoms with E-state index in [2.05, 4.69) is 32.7 Å². The van der Waals surface area contributed by atoms with E-state index in [1.165, 1.54) is 0 Å². The molecule has 0 aromatic heterocycles. The minimum absolute atomic E-state index is 0.0573. The zero-order valence-electron chi connectivity index (χ0n) is 13.3. The van der Waals surface area contributed by atoms with Crippen molar-refractivity contribution in [3.05, 3.63) is 36.4 Å². The Kier molecular flexibility index (Phi) is 6.08. The largest absolute Gasteiger partial charge is 0.497 e. The maximum atomic E-state index is 5.49. The van der Waals surface area contributed by atoms with E-state index in [1.807, 2.05) is 24.3 Å². The fourth-order valence-electron chi connectivity index (χ4n) is 2.12. The van der Waals surface area contributed by atoms with Gasteiger partial charge in [-0.3, -0.25) is 0 Å². The van der Waals surface area contributed by atoms with E-state index in [-0.39, 0.29) is 11.6 Å². The molecule has 0 saturated carbocycles. The Morgan fingerprint density at radius 1 is 1.30 bits per heavy atom. The number of rotatable bonds is 8. The van der Waals surface area contributed by atoms with Gasteiger partial charge in [0.1, 0.15) is 11.5 Å². The highest BCUT2D eigenvalue weighted by molar-refractivity contribution is 5.42. The molecule has 0 fully saturated rings. The van der Waals surface area contributed by atoms with Gasteiger partial charge < -0.3 is 14.8 Å². The zero-order valence-corrected chi connectivity index (χ0v) is 13.3. The normalized spacial score (nSPS) is 12.8. The smallest absolute Gasteiger partial charge is 0.123 e. The molecule has 1 atom stereocenters. The van der Waals surface area contributed by atoms with Gasteiger partial charge in [0.15, 0.2) is 0 Å². The van der Waals surface area contributed by atoms with E-state index in [9.17, 15) is 0 Å². The molecule has 0 aliphatic carbocycles. The van der Waals surface area contributed by atoms with Crippen molar-refractivity contribution in [2.75, 3.05) is 14.2 Å². The first-order valence-electron chi connectivity index (χ1n) is 7.08. The molecule has 0 bridgehead atoms. The monoisotopic (exact) mass is 277 g/mol. The van der Waals surface area contributed by atoms with Crippen LogP contribution in [0.3, 0.4) is 0 Å². The summed E-state index contributed by atoms with van der Waals surface area (Å²) in [7, 11) is 3.37. The van der Waals surface area contributed by atoms with Crippen molar-refractivity contribution in [2.45, 2.75) is 45.2 Å². The van der Waals surface area contributed by atoms with Gasteiger partial charge in [0, 0.05) is 17.1 Å². The topological polar surface area (TPSA) is 30.5 Å². The molecule has 1 rings (SSSR count). The van der Waals surface area contributed by atoms with Crippen molar-refractivity contribution in [3.63, 3.8) is 0 Å².